The van der Waals surface area contributed by atoms with E-state index < -0.39 is 0 Å². The van der Waals surface area contributed by atoms with Gasteiger partial charge in [-0.3, -0.25) is 4.98 Å². The maximum absolute atomic E-state index is 9.02. The van der Waals surface area contributed by atoms with Crippen molar-refractivity contribution < 1.29 is 0 Å². The maximum atomic E-state index is 9.02. The summed E-state index contributed by atoms with van der Waals surface area (Å²) in [5.41, 5.74) is 8.43. The van der Waals surface area contributed by atoms with Crippen molar-refractivity contribution in [1.82, 2.24) is 4.98 Å². The van der Waals surface area contributed by atoms with Crippen LogP contribution in [-0.2, 0) is 0 Å². The van der Waals surface area contributed by atoms with Crippen LogP contribution < -0.4 is 11.1 Å². The minimum atomic E-state index is 0.529. The third-order valence-electron chi connectivity index (χ3n) is 2.15. The monoisotopic (exact) mass is 216 g/mol. The Morgan fingerprint density at radius 2 is 2.25 bits per heavy atom. The van der Waals surface area contributed by atoms with E-state index in [-0.39, 0.29) is 0 Å². The van der Waals surface area contributed by atoms with Gasteiger partial charge in [-0.1, -0.05) is 12.2 Å². The van der Waals surface area contributed by atoms with Crippen LogP contribution in [0, 0.1) is 25.2 Å². The number of aryl methyl sites for hydroxylation is 2. The molecule has 0 aromatic carbocycles. The molecule has 0 radical (unpaired) electrons. The summed E-state index contributed by atoms with van der Waals surface area (Å²) in [7, 11) is 0. The number of nitriles is 1. The van der Waals surface area contributed by atoms with Crippen molar-refractivity contribution in [1.29, 1.82) is 5.26 Å². The molecule has 3 N–H and O–H groups in total. The second-order valence-electron chi connectivity index (χ2n) is 3.47. The first-order valence-corrected chi connectivity index (χ1v) is 5.16. The lowest BCUT2D eigenvalue weighted by Crippen LogP contribution is -2.04. The summed E-state index contributed by atoms with van der Waals surface area (Å²) in [6.07, 6.45) is 3.81. The molecular weight excluding hydrogens is 200 g/mol. The van der Waals surface area contributed by atoms with E-state index in [9.17, 15) is 0 Å². The predicted molar refractivity (Wildman–Crippen MR) is 65.1 cm³/mol. The quantitative estimate of drug-likeness (QED) is 0.748. The van der Waals surface area contributed by atoms with E-state index in [2.05, 4.69) is 16.4 Å². The number of anilines is 1. The molecule has 0 bridgehead atoms. The summed E-state index contributed by atoms with van der Waals surface area (Å²) in [4.78, 5) is 4.25. The molecule has 0 amide bonds. The van der Waals surface area contributed by atoms with Crippen LogP contribution in [0.5, 0.6) is 0 Å². The first-order chi connectivity index (χ1) is 7.69. The average molecular weight is 216 g/mol. The van der Waals surface area contributed by atoms with Gasteiger partial charge in [0, 0.05) is 18.8 Å². The van der Waals surface area contributed by atoms with Gasteiger partial charge < -0.3 is 11.1 Å². The number of aromatic nitrogens is 1. The molecule has 0 spiro atoms. The number of nitrogens with zero attached hydrogens (tertiary/aromatic N) is 2. The number of hydrogen-bond donors (Lipinski definition) is 2. The number of nitrogens with one attached hydrogen (secondary N) is 1. The fourth-order valence-corrected chi connectivity index (χ4v) is 1.46. The molecule has 84 valence electrons. The van der Waals surface area contributed by atoms with Gasteiger partial charge in [-0.2, -0.15) is 5.26 Å². The molecule has 1 heterocycles. The molecule has 0 fully saturated rings. The Labute approximate surface area is 95.8 Å². The zero-order chi connectivity index (χ0) is 12.0. The summed E-state index contributed by atoms with van der Waals surface area (Å²) in [5, 5.41) is 12.2. The van der Waals surface area contributed by atoms with Crippen LogP contribution in [0.3, 0.4) is 0 Å². The van der Waals surface area contributed by atoms with Gasteiger partial charge in [-0.25, -0.2) is 0 Å². The molecule has 4 nitrogen and oxygen atoms in total. The number of pyridine rings is 1. The fraction of sp³-hybridized carbons (Fsp3) is 0.333. The Kier molecular flexibility index (Phi) is 4.49. The highest BCUT2D eigenvalue weighted by Crippen LogP contribution is 2.18. The van der Waals surface area contributed by atoms with Gasteiger partial charge in [0.1, 0.15) is 6.07 Å². The highest BCUT2D eigenvalue weighted by molar-refractivity contribution is 5.60. The third-order valence-corrected chi connectivity index (χ3v) is 2.15. The first-order valence-electron chi connectivity index (χ1n) is 5.16. The van der Waals surface area contributed by atoms with Crippen molar-refractivity contribution in [3.8, 4) is 6.07 Å². The smallest absolute Gasteiger partial charge is 0.103 e. The highest BCUT2D eigenvalue weighted by Gasteiger charge is 2.06. The van der Waals surface area contributed by atoms with Crippen molar-refractivity contribution >= 4 is 5.69 Å². The molecule has 1 aromatic rings. The summed E-state index contributed by atoms with van der Waals surface area (Å²) < 4.78 is 0. The van der Waals surface area contributed by atoms with Gasteiger partial charge >= 0.3 is 0 Å². The van der Waals surface area contributed by atoms with Crippen molar-refractivity contribution in [3.05, 3.63) is 35.2 Å². The predicted octanol–water partition coefficient (Wildman–Crippen LogP) is 1.50. The topological polar surface area (TPSA) is 74.7 Å². The summed E-state index contributed by atoms with van der Waals surface area (Å²) in [6.45, 7) is 4.94. The summed E-state index contributed by atoms with van der Waals surface area (Å²) >= 11 is 0. The van der Waals surface area contributed by atoms with E-state index in [4.69, 9.17) is 11.0 Å². The molecule has 0 aliphatic rings. The molecular formula is C12H16N4. The Bertz CT molecular complexity index is 429. The molecule has 16 heavy (non-hydrogen) atoms. The van der Waals surface area contributed by atoms with E-state index in [0.717, 1.165) is 17.1 Å². The zero-order valence-corrected chi connectivity index (χ0v) is 9.62. The standard InChI is InChI=1S/C12H16N4/c1-9-7-12(15-6-4-3-5-13)11(8-14)10(2)16-9/h3-4,7H,5-6,13H2,1-2H3,(H,15,16)/b4-3+. The van der Waals surface area contributed by atoms with Gasteiger partial charge in [-0.05, 0) is 19.9 Å². The van der Waals surface area contributed by atoms with Crippen LogP contribution in [0.15, 0.2) is 18.2 Å². The molecule has 1 rings (SSSR count). The van der Waals surface area contributed by atoms with E-state index in [0.29, 0.717) is 18.7 Å². The largest absolute Gasteiger partial charge is 0.380 e. The van der Waals surface area contributed by atoms with Crippen molar-refractivity contribution in [3.63, 3.8) is 0 Å². The molecule has 1 aromatic heterocycles. The van der Waals surface area contributed by atoms with E-state index in [1.165, 1.54) is 0 Å². The Morgan fingerprint density at radius 3 is 2.88 bits per heavy atom. The highest BCUT2D eigenvalue weighted by atomic mass is 14.9. The van der Waals surface area contributed by atoms with Gasteiger partial charge in [0.05, 0.1) is 16.9 Å². The Hall–Kier alpha value is -1.86. The molecule has 0 unspecified atom stereocenters. The van der Waals surface area contributed by atoms with Gasteiger partial charge in [-0.15, -0.1) is 0 Å². The lowest BCUT2D eigenvalue weighted by molar-refractivity contribution is 1.10. The molecule has 0 atom stereocenters. The average Bonchev–Trinajstić information content (AvgIpc) is 2.24. The minimum Gasteiger partial charge on any atom is -0.380 e. The van der Waals surface area contributed by atoms with Crippen LogP contribution >= 0.6 is 0 Å². The second-order valence-corrected chi connectivity index (χ2v) is 3.47. The Balaban J connectivity index is 2.86. The lowest BCUT2D eigenvalue weighted by atomic mass is 10.1. The maximum Gasteiger partial charge on any atom is 0.103 e. The van der Waals surface area contributed by atoms with Gasteiger partial charge in [0.2, 0.25) is 0 Å². The SMILES string of the molecule is Cc1cc(NC/C=C/CN)c(C#N)c(C)n1. The Morgan fingerprint density at radius 1 is 1.50 bits per heavy atom. The van der Waals surface area contributed by atoms with Crippen LogP contribution in [0.2, 0.25) is 0 Å². The van der Waals surface area contributed by atoms with E-state index in [1.807, 2.05) is 32.1 Å². The van der Waals surface area contributed by atoms with Crippen molar-refractivity contribution in [2.24, 2.45) is 5.73 Å². The lowest BCUT2D eigenvalue weighted by Gasteiger charge is -2.08. The minimum absolute atomic E-state index is 0.529. The molecule has 0 aliphatic heterocycles. The number of rotatable bonds is 4. The summed E-state index contributed by atoms with van der Waals surface area (Å²) in [5.74, 6) is 0. The first kappa shape index (κ1) is 12.2. The van der Waals surface area contributed by atoms with E-state index in [1.54, 1.807) is 0 Å². The fourth-order valence-electron chi connectivity index (χ4n) is 1.46. The van der Waals surface area contributed by atoms with Crippen LogP contribution in [0.25, 0.3) is 0 Å². The molecule has 4 heteroatoms. The molecule has 0 saturated heterocycles. The van der Waals surface area contributed by atoms with Crippen molar-refractivity contribution in [2.75, 3.05) is 18.4 Å². The molecule has 0 aliphatic carbocycles. The molecule has 0 saturated carbocycles. The number of hydrogen-bond acceptors (Lipinski definition) is 4. The van der Waals surface area contributed by atoms with Crippen LogP contribution in [0.4, 0.5) is 5.69 Å². The number of nitrogens with two attached hydrogens (primary N) is 1. The van der Waals surface area contributed by atoms with Gasteiger partial charge in [0.25, 0.3) is 0 Å². The second kappa shape index (κ2) is 5.89. The van der Waals surface area contributed by atoms with Crippen LogP contribution in [0.1, 0.15) is 17.0 Å². The van der Waals surface area contributed by atoms with Gasteiger partial charge in [0.15, 0.2) is 0 Å². The van der Waals surface area contributed by atoms with Crippen molar-refractivity contribution in [2.45, 2.75) is 13.8 Å². The normalized spacial score (nSPS) is 10.4. The third kappa shape index (κ3) is 3.07. The van der Waals surface area contributed by atoms with Crippen LogP contribution in [-0.4, -0.2) is 18.1 Å². The summed E-state index contributed by atoms with van der Waals surface area (Å²) in [6, 6.07) is 4.04. The van der Waals surface area contributed by atoms with E-state index >= 15 is 0 Å². The zero-order valence-electron chi connectivity index (χ0n) is 9.62.